The smallest absolute Gasteiger partial charge is 0.351 e. The molecule has 0 bridgehead atoms. The first kappa shape index (κ1) is 13.7. The Morgan fingerprint density at radius 3 is 2.82 bits per heavy atom. The first-order chi connectivity index (χ1) is 8.04. The highest BCUT2D eigenvalue weighted by atomic mass is 16.5. The average molecular weight is 241 g/mol. The highest BCUT2D eigenvalue weighted by Crippen LogP contribution is 2.08. The van der Waals surface area contributed by atoms with Gasteiger partial charge in [0.2, 0.25) is 0 Å². The van der Waals surface area contributed by atoms with Gasteiger partial charge in [-0.3, -0.25) is 4.57 Å². The molecule has 2 N–H and O–H groups in total. The summed E-state index contributed by atoms with van der Waals surface area (Å²) in [4.78, 5) is 15.2. The molecule has 1 heterocycles. The van der Waals surface area contributed by atoms with Gasteiger partial charge in [0.1, 0.15) is 12.5 Å². The van der Waals surface area contributed by atoms with Crippen molar-refractivity contribution in [1.82, 2.24) is 9.55 Å². The molecule has 0 aliphatic carbocycles. The molecule has 0 aliphatic heterocycles. The fourth-order valence-corrected chi connectivity index (χ4v) is 1.20. The largest absolute Gasteiger partial charge is 0.383 e. The molecule has 1 rings (SSSR count). The van der Waals surface area contributed by atoms with Crippen LogP contribution >= 0.6 is 0 Å². The predicted octanol–water partition coefficient (Wildman–Crippen LogP) is 0.744. The van der Waals surface area contributed by atoms with Crippen LogP contribution in [-0.2, 0) is 22.8 Å². The Kier molecular flexibility index (Phi) is 5.11. The molecule has 0 spiro atoms. The molecular weight excluding hydrogens is 222 g/mol. The minimum Gasteiger partial charge on any atom is -0.383 e. The van der Waals surface area contributed by atoms with Crippen molar-refractivity contribution in [2.24, 2.45) is 0 Å². The molecular formula is C11H19N3O3. The fourth-order valence-electron chi connectivity index (χ4n) is 1.20. The van der Waals surface area contributed by atoms with Gasteiger partial charge in [-0.1, -0.05) is 0 Å². The van der Waals surface area contributed by atoms with E-state index in [9.17, 15) is 4.79 Å². The van der Waals surface area contributed by atoms with E-state index >= 15 is 0 Å². The van der Waals surface area contributed by atoms with Crippen molar-refractivity contribution in [3.63, 3.8) is 0 Å². The first-order valence-corrected chi connectivity index (χ1v) is 5.59. The van der Waals surface area contributed by atoms with Gasteiger partial charge in [-0.2, -0.15) is 4.98 Å². The molecule has 0 atom stereocenters. The Labute approximate surface area is 100 Å². The van der Waals surface area contributed by atoms with Crippen molar-refractivity contribution < 1.29 is 9.47 Å². The van der Waals surface area contributed by atoms with Crippen molar-refractivity contribution in [2.45, 2.75) is 40.2 Å². The Balaban J connectivity index is 2.85. The zero-order chi connectivity index (χ0) is 12.8. The van der Waals surface area contributed by atoms with Crippen LogP contribution in [0.2, 0.25) is 0 Å². The van der Waals surface area contributed by atoms with Gasteiger partial charge >= 0.3 is 5.69 Å². The third-order valence-electron chi connectivity index (χ3n) is 2.11. The zero-order valence-electron chi connectivity index (χ0n) is 10.5. The fraction of sp³-hybridized carbons (Fsp3) is 0.636. The van der Waals surface area contributed by atoms with E-state index in [0.717, 1.165) is 0 Å². The number of nitrogens with zero attached hydrogens (tertiary/aromatic N) is 2. The quantitative estimate of drug-likeness (QED) is 0.794. The van der Waals surface area contributed by atoms with Crippen molar-refractivity contribution in [1.29, 1.82) is 0 Å². The topological polar surface area (TPSA) is 79.4 Å². The number of ether oxygens (including phenoxy) is 2. The minimum atomic E-state index is -0.413. The van der Waals surface area contributed by atoms with Crippen LogP contribution in [0.4, 0.5) is 5.82 Å². The molecule has 0 aromatic carbocycles. The summed E-state index contributed by atoms with van der Waals surface area (Å²) in [5, 5.41) is 0. The third-order valence-corrected chi connectivity index (χ3v) is 2.11. The number of anilines is 1. The maximum absolute atomic E-state index is 11.5. The van der Waals surface area contributed by atoms with Crippen LogP contribution in [0.3, 0.4) is 0 Å². The summed E-state index contributed by atoms with van der Waals surface area (Å²) in [6.07, 6.45) is 1.73. The lowest BCUT2D eigenvalue weighted by Gasteiger charge is -2.11. The SMILES string of the molecule is CCOCn1cc(COC(C)C)c(N)nc1=O. The van der Waals surface area contributed by atoms with Gasteiger partial charge in [0.25, 0.3) is 0 Å². The number of aromatic nitrogens is 2. The first-order valence-electron chi connectivity index (χ1n) is 5.59. The lowest BCUT2D eigenvalue weighted by atomic mass is 10.3. The molecule has 0 aliphatic rings. The molecule has 1 aromatic heterocycles. The standard InChI is InChI=1S/C11H19N3O3/c1-4-16-7-14-5-9(6-17-8(2)3)10(12)13-11(14)15/h5,8H,4,6-7H2,1-3H3,(H2,12,13,15). The summed E-state index contributed by atoms with van der Waals surface area (Å²) < 4.78 is 12.0. The van der Waals surface area contributed by atoms with Gasteiger partial charge in [-0.05, 0) is 20.8 Å². The van der Waals surface area contributed by atoms with Crippen molar-refractivity contribution >= 4 is 5.82 Å². The van der Waals surface area contributed by atoms with Crippen LogP contribution in [0.25, 0.3) is 0 Å². The molecule has 0 radical (unpaired) electrons. The number of hydrogen-bond acceptors (Lipinski definition) is 5. The molecule has 0 saturated carbocycles. The second kappa shape index (κ2) is 6.36. The monoisotopic (exact) mass is 241 g/mol. The second-order valence-corrected chi connectivity index (χ2v) is 3.89. The van der Waals surface area contributed by atoms with Crippen LogP contribution in [0.15, 0.2) is 11.0 Å². The lowest BCUT2D eigenvalue weighted by molar-refractivity contribution is 0.0633. The van der Waals surface area contributed by atoms with Crippen LogP contribution in [0.5, 0.6) is 0 Å². The van der Waals surface area contributed by atoms with Gasteiger partial charge in [0, 0.05) is 18.4 Å². The zero-order valence-corrected chi connectivity index (χ0v) is 10.5. The summed E-state index contributed by atoms with van der Waals surface area (Å²) in [6.45, 7) is 6.77. The summed E-state index contributed by atoms with van der Waals surface area (Å²) in [6, 6.07) is 0. The summed E-state index contributed by atoms with van der Waals surface area (Å²) in [5.41, 5.74) is 5.94. The van der Waals surface area contributed by atoms with Crippen molar-refractivity contribution in [3.8, 4) is 0 Å². The number of hydrogen-bond donors (Lipinski definition) is 1. The summed E-state index contributed by atoms with van der Waals surface area (Å²) in [7, 11) is 0. The summed E-state index contributed by atoms with van der Waals surface area (Å²) in [5.74, 6) is 0.211. The van der Waals surface area contributed by atoms with Crippen LogP contribution in [-0.4, -0.2) is 22.3 Å². The molecule has 96 valence electrons. The maximum atomic E-state index is 11.5. The maximum Gasteiger partial charge on any atom is 0.351 e. The van der Waals surface area contributed by atoms with E-state index in [1.165, 1.54) is 4.57 Å². The highest BCUT2D eigenvalue weighted by Gasteiger charge is 2.07. The Hall–Kier alpha value is -1.40. The second-order valence-electron chi connectivity index (χ2n) is 3.89. The van der Waals surface area contributed by atoms with E-state index in [2.05, 4.69) is 4.98 Å². The van der Waals surface area contributed by atoms with Gasteiger partial charge in [-0.25, -0.2) is 4.79 Å². The normalized spacial score (nSPS) is 11.1. The number of nitrogen functional groups attached to an aromatic ring is 1. The predicted molar refractivity (Wildman–Crippen MR) is 64.5 cm³/mol. The Morgan fingerprint density at radius 2 is 2.24 bits per heavy atom. The highest BCUT2D eigenvalue weighted by molar-refractivity contribution is 5.36. The molecule has 6 heteroatoms. The summed E-state index contributed by atoms with van der Waals surface area (Å²) >= 11 is 0. The van der Waals surface area contributed by atoms with Crippen LogP contribution in [0, 0.1) is 0 Å². The van der Waals surface area contributed by atoms with Gasteiger partial charge in [0.05, 0.1) is 12.7 Å². The van der Waals surface area contributed by atoms with E-state index in [0.29, 0.717) is 18.8 Å². The van der Waals surface area contributed by atoms with E-state index < -0.39 is 5.69 Å². The van der Waals surface area contributed by atoms with E-state index in [1.807, 2.05) is 20.8 Å². The molecule has 1 aromatic rings. The van der Waals surface area contributed by atoms with E-state index in [-0.39, 0.29) is 18.7 Å². The number of rotatable bonds is 6. The number of nitrogens with two attached hydrogens (primary N) is 1. The third kappa shape index (κ3) is 4.16. The molecule has 0 fully saturated rings. The average Bonchev–Trinajstić information content (AvgIpc) is 2.26. The Bertz CT molecular complexity index is 415. The lowest BCUT2D eigenvalue weighted by Crippen LogP contribution is -2.26. The minimum absolute atomic E-state index is 0.0988. The Morgan fingerprint density at radius 1 is 1.53 bits per heavy atom. The van der Waals surface area contributed by atoms with E-state index in [4.69, 9.17) is 15.2 Å². The molecule has 0 saturated heterocycles. The van der Waals surface area contributed by atoms with Crippen LogP contribution < -0.4 is 11.4 Å². The van der Waals surface area contributed by atoms with Gasteiger partial charge in [-0.15, -0.1) is 0 Å². The van der Waals surface area contributed by atoms with Crippen molar-refractivity contribution in [3.05, 3.63) is 22.2 Å². The molecule has 17 heavy (non-hydrogen) atoms. The van der Waals surface area contributed by atoms with Gasteiger partial charge in [0.15, 0.2) is 0 Å². The molecule has 0 amide bonds. The van der Waals surface area contributed by atoms with Gasteiger partial charge < -0.3 is 15.2 Å². The molecule has 0 unspecified atom stereocenters. The molecule has 6 nitrogen and oxygen atoms in total. The van der Waals surface area contributed by atoms with Crippen LogP contribution in [0.1, 0.15) is 26.3 Å². The van der Waals surface area contributed by atoms with Crippen molar-refractivity contribution in [2.75, 3.05) is 12.3 Å². The van der Waals surface area contributed by atoms with E-state index in [1.54, 1.807) is 6.20 Å².